The molecule has 1 aromatic rings. The molecule has 1 saturated heterocycles. The van der Waals surface area contributed by atoms with E-state index in [9.17, 15) is 14.4 Å². The molecule has 1 aromatic carbocycles. The Labute approximate surface area is 211 Å². The Morgan fingerprint density at radius 3 is 2.74 bits per heavy atom. The number of para-hydroxylation sites is 1. The normalized spacial score (nSPS) is 18.9. The number of anilines is 2. The first-order valence-electron chi connectivity index (χ1n) is 11.7. The largest absolute Gasteiger partial charge is 0.465 e. The summed E-state index contributed by atoms with van der Waals surface area (Å²) in [6.07, 6.45) is 3.29. The van der Waals surface area contributed by atoms with Crippen LogP contribution in [0.1, 0.15) is 12.8 Å². The molecule has 0 spiro atoms. The van der Waals surface area contributed by atoms with Gasteiger partial charge < -0.3 is 34.8 Å². The van der Waals surface area contributed by atoms with Crippen LogP contribution in [-0.4, -0.2) is 105 Å². The van der Waals surface area contributed by atoms with Crippen LogP contribution in [0.3, 0.4) is 0 Å². The molecule has 11 heteroatoms. The van der Waals surface area contributed by atoms with Gasteiger partial charge in [-0.1, -0.05) is 23.7 Å². The Morgan fingerprint density at radius 1 is 1.31 bits per heavy atom. The molecular formula is C24H34ClN5O5. The van der Waals surface area contributed by atoms with E-state index in [1.54, 1.807) is 36.2 Å². The highest BCUT2D eigenvalue weighted by Crippen LogP contribution is 2.37. The van der Waals surface area contributed by atoms with Crippen molar-refractivity contribution >= 4 is 40.9 Å². The first-order chi connectivity index (χ1) is 16.7. The zero-order valence-corrected chi connectivity index (χ0v) is 21.2. The summed E-state index contributed by atoms with van der Waals surface area (Å²) in [5.74, 6) is -0.318. The Morgan fingerprint density at radius 2 is 2.06 bits per heavy atom. The number of hydrogen-bond acceptors (Lipinski definition) is 6. The second-order valence-corrected chi connectivity index (χ2v) is 9.44. The smallest absolute Gasteiger partial charge is 0.405 e. The van der Waals surface area contributed by atoms with Crippen LogP contribution in [-0.2, 0) is 14.3 Å². The van der Waals surface area contributed by atoms with E-state index in [-0.39, 0.29) is 17.9 Å². The fourth-order valence-electron chi connectivity index (χ4n) is 4.17. The van der Waals surface area contributed by atoms with Gasteiger partial charge in [0.2, 0.25) is 11.8 Å². The van der Waals surface area contributed by atoms with Crippen molar-refractivity contribution in [1.29, 1.82) is 0 Å². The Kier molecular flexibility index (Phi) is 9.36. The average molecular weight is 508 g/mol. The average Bonchev–Trinajstić information content (AvgIpc) is 2.76. The molecule has 0 bridgehead atoms. The second-order valence-electron chi connectivity index (χ2n) is 9.04. The molecule has 0 radical (unpaired) electrons. The number of benzene rings is 1. The van der Waals surface area contributed by atoms with Gasteiger partial charge in [-0.2, -0.15) is 0 Å². The van der Waals surface area contributed by atoms with Gasteiger partial charge in [0.15, 0.2) is 0 Å². The minimum atomic E-state index is -1.23. The van der Waals surface area contributed by atoms with Gasteiger partial charge in [0, 0.05) is 52.5 Å². The van der Waals surface area contributed by atoms with Gasteiger partial charge in [0.25, 0.3) is 0 Å². The van der Waals surface area contributed by atoms with E-state index in [1.807, 2.05) is 25.1 Å². The minimum Gasteiger partial charge on any atom is -0.465 e. The van der Waals surface area contributed by atoms with Crippen LogP contribution in [0.4, 0.5) is 16.2 Å². The lowest BCUT2D eigenvalue weighted by Gasteiger charge is -2.38. The molecule has 0 aromatic heterocycles. The number of halogens is 1. The molecule has 3 rings (SSSR count). The van der Waals surface area contributed by atoms with E-state index >= 15 is 0 Å². The number of likely N-dealkylation sites (tertiary alicyclic amines) is 1. The molecule has 3 amide bonds. The Hall–Kier alpha value is -2.82. The van der Waals surface area contributed by atoms with Gasteiger partial charge in [-0.05, 0) is 39.1 Å². The number of nitrogens with zero attached hydrogens (tertiary/aromatic N) is 4. The Bertz CT molecular complexity index is 950. The molecule has 0 aliphatic carbocycles. The number of hydrogen-bond donors (Lipinski definition) is 2. The van der Waals surface area contributed by atoms with Crippen LogP contribution in [0.25, 0.3) is 0 Å². The van der Waals surface area contributed by atoms with Gasteiger partial charge >= 0.3 is 6.09 Å². The molecule has 10 nitrogen and oxygen atoms in total. The van der Waals surface area contributed by atoms with Gasteiger partial charge in [-0.3, -0.25) is 9.59 Å². The number of carbonyl (C=O) groups is 3. The van der Waals surface area contributed by atoms with E-state index < -0.39 is 12.1 Å². The highest BCUT2D eigenvalue weighted by Gasteiger charge is 2.32. The maximum absolute atomic E-state index is 12.8. The monoisotopic (exact) mass is 507 g/mol. The number of carbonyl (C=O) groups excluding carboxylic acids is 2. The summed E-state index contributed by atoms with van der Waals surface area (Å²) < 4.78 is 5.94. The number of ether oxygens (including phenoxy) is 1. The van der Waals surface area contributed by atoms with E-state index in [2.05, 4.69) is 10.2 Å². The third kappa shape index (κ3) is 7.09. The van der Waals surface area contributed by atoms with Crippen molar-refractivity contribution in [2.45, 2.75) is 25.0 Å². The predicted molar refractivity (Wildman–Crippen MR) is 135 cm³/mol. The number of fused-ring (bicyclic) bond motifs is 1. The molecule has 2 aliphatic rings. The lowest BCUT2D eigenvalue weighted by Crippen LogP contribution is -2.54. The summed E-state index contributed by atoms with van der Waals surface area (Å²) in [4.78, 5) is 43.4. The SMILES string of the molecule is CN(C)CC=CC(=O)N1CC(OCCCN2CCC(NC(=O)O)C(=O)N(C)c3cccc(Cl)c32)C1. The summed E-state index contributed by atoms with van der Waals surface area (Å²) in [7, 11) is 5.52. The van der Waals surface area contributed by atoms with Crippen LogP contribution >= 0.6 is 11.6 Å². The lowest BCUT2D eigenvalue weighted by molar-refractivity contribution is -0.139. The molecule has 2 N–H and O–H groups in total. The molecule has 2 heterocycles. The van der Waals surface area contributed by atoms with Crippen LogP contribution in [0.15, 0.2) is 30.4 Å². The maximum atomic E-state index is 12.8. The van der Waals surface area contributed by atoms with Crippen molar-refractivity contribution in [2.75, 3.05) is 70.3 Å². The van der Waals surface area contributed by atoms with Crippen molar-refractivity contribution in [1.82, 2.24) is 15.1 Å². The standard InChI is InChI=1S/C24H34ClN5O5/c1-27(2)11-5-9-21(31)30-15-17(16-30)35-14-6-12-29-13-10-19(26-24(33)34)23(32)28(3)20-8-4-7-18(25)22(20)29/h4-5,7-9,17,19,26H,6,10-16H2,1-3H3,(H,33,34). The van der Waals surface area contributed by atoms with E-state index in [0.29, 0.717) is 56.3 Å². The number of carboxylic acid groups (broad SMARTS) is 1. The van der Waals surface area contributed by atoms with E-state index in [0.717, 1.165) is 12.2 Å². The molecule has 1 fully saturated rings. The second kappa shape index (κ2) is 12.2. The highest BCUT2D eigenvalue weighted by molar-refractivity contribution is 6.34. The first kappa shape index (κ1) is 26.8. The zero-order valence-electron chi connectivity index (χ0n) is 20.4. The van der Waals surface area contributed by atoms with Crippen LogP contribution in [0.5, 0.6) is 0 Å². The van der Waals surface area contributed by atoms with Crippen molar-refractivity contribution in [3.05, 3.63) is 35.4 Å². The molecular weight excluding hydrogens is 474 g/mol. The third-order valence-electron chi connectivity index (χ3n) is 6.07. The van der Waals surface area contributed by atoms with Gasteiger partial charge in [0.05, 0.1) is 22.5 Å². The predicted octanol–water partition coefficient (Wildman–Crippen LogP) is 1.88. The number of likely N-dealkylation sites (N-methyl/N-ethyl adjacent to an activating group) is 2. The number of rotatable bonds is 9. The molecule has 192 valence electrons. The van der Waals surface area contributed by atoms with Crippen LogP contribution < -0.4 is 15.1 Å². The fourth-order valence-corrected chi connectivity index (χ4v) is 4.45. The summed E-state index contributed by atoms with van der Waals surface area (Å²) in [5, 5.41) is 12.0. The van der Waals surface area contributed by atoms with E-state index in [4.69, 9.17) is 21.4 Å². The van der Waals surface area contributed by atoms with Crippen molar-refractivity contribution < 1.29 is 24.2 Å². The first-order valence-corrected chi connectivity index (χ1v) is 12.1. The van der Waals surface area contributed by atoms with Gasteiger partial charge in [-0.15, -0.1) is 0 Å². The number of nitrogens with one attached hydrogen (secondary N) is 1. The summed E-state index contributed by atoms with van der Waals surface area (Å²) >= 11 is 6.52. The van der Waals surface area contributed by atoms with Gasteiger partial charge in [-0.25, -0.2) is 4.79 Å². The molecule has 1 atom stereocenters. The van der Waals surface area contributed by atoms with Crippen LogP contribution in [0, 0.1) is 0 Å². The van der Waals surface area contributed by atoms with Crippen molar-refractivity contribution in [3.8, 4) is 0 Å². The molecule has 0 saturated carbocycles. The topological polar surface area (TPSA) is 106 Å². The lowest BCUT2D eigenvalue weighted by atomic mass is 10.1. The van der Waals surface area contributed by atoms with Crippen molar-refractivity contribution in [2.24, 2.45) is 0 Å². The minimum absolute atomic E-state index is 0.00164. The quantitative estimate of drug-likeness (QED) is 0.388. The van der Waals surface area contributed by atoms with Crippen molar-refractivity contribution in [3.63, 3.8) is 0 Å². The summed E-state index contributed by atoms with van der Waals surface area (Å²) in [5.41, 5.74) is 1.39. The zero-order chi connectivity index (χ0) is 25.5. The summed E-state index contributed by atoms with van der Waals surface area (Å²) in [6.45, 7) is 3.50. The highest BCUT2D eigenvalue weighted by atomic mass is 35.5. The summed E-state index contributed by atoms with van der Waals surface area (Å²) in [6, 6.07) is 4.52. The van der Waals surface area contributed by atoms with E-state index in [1.165, 1.54) is 4.90 Å². The third-order valence-corrected chi connectivity index (χ3v) is 6.38. The Balaban J connectivity index is 1.53. The number of amides is 3. The van der Waals surface area contributed by atoms with Crippen LogP contribution in [0.2, 0.25) is 5.02 Å². The maximum Gasteiger partial charge on any atom is 0.405 e. The molecule has 35 heavy (non-hydrogen) atoms. The fraction of sp³-hybridized carbons (Fsp3) is 0.542. The molecule has 2 aliphatic heterocycles. The molecule has 1 unspecified atom stereocenters. The van der Waals surface area contributed by atoms with Gasteiger partial charge in [0.1, 0.15) is 6.04 Å².